The second-order valence-electron chi connectivity index (χ2n) is 5.47. The van der Waals surface area contributed by atoms with Crippen molar-refractivity contribution >= 4 is 15.8 Å². The van der Waals surface area contributed by atoms with Gasteiger partial charge in [-0.1, -0.05) is 0 Å². The van der Waals surface area contributed by atoms with E-state index in [-0.39, 0.29) is 29.5 Å². The topological polar surface area (TPSA) is 109 Å². The van der Waals surface area contributed by atoms with Crippen molar-refractivity contribution in [3.05, 3.63) is 17.2 Å². The van der Waals surface area contributed by atoms with Crippen LogP contribution in [0.2, 0.25) is 0 Å². The van der Waals surface area contributed by atoms with Crippen molar-refractivity contribution in [3.63, 3.8) is 0 Å². The molecule has 1 fully saturated rings. The van der Waals surface area contributed by atoms with Gasteiger partial charge in [-0.15, -0.1) is 0 Å². The van der Waals surface area contributed by atoms with Gasteiger partial charge in [-0.05, 0) is 12.8 Å². The summed E-state index contributed by atoms with van der Waals surface area (Å²) in [6.07, 6.45) is 0.723. The predicted octanol–water partition coefficient (Wildman–Crippen LogP) is -0.210. The Bertz CT molecular complexity index is 664. The molecular weight excluding hydrogens is 284 g/mol. The molecular formula is C12H16N2O5S. The van der Waals surface area contributed by atoms with E-state index in [0.29, 0.717) is 30.9 Å². The molecule has 0 spiro atoms. The zero-order valence-electron chi connectivity index (χ0n) is 10.8. The Balaban J connectivity index is 2.04. The highest BCUT2D eigenvalue weighted by Crippen LogP contribution is 2.32. The summed E-state index contributed by atoms with van der Waals surface area (Å²) in [7, 11) is -3.04. The molecule has 8 heteroatoms. The maximum Gasteiger partial charge on any atom is 0.356 e. The molecule has 2 aliphatic heterocycles. The van der Waals surface area contributed by atoms with Crippen molar-refractivity contribution in [1.29, 1.82) is 0 Å². The minimum atomic E-state index is -3.04. The molecule has 2 N–H and O–H groups in total. The summed E-state index contributed by atoms with van der Waals surface area (Å²) in [6.45, 7) is 0.489. The van der Waals surface area contributed by atoms with E-state index in [9.17, 15) is 23.4 Å². The lowest BCUT2D eigenvalue weighted by Gasteiger charge is -2.22. The van der Waals surface area contributed by atoms with Crippen molar-refractivity contribution in [3.8, 4) is 0 Å². The Morgan fingerprint density at radius 2 is 2.10 bits per heavy atom. The third-order valence-corrected chi connectivity index (χ3v) is 5.79. The van der Waals surface area contributed by atoms with Crippen LogP contribution < -0.4 is 0 Å². The number of sulfone groups is 1. The molecule has 20 heavy (non-hydrogen) atoms. The van der Waals surface area contributed by atoms with Crippen LogP contribution in [0.5, 0.6) is 0 Å². The summed E-state index contributed by atoms with van der Waals surface area (Å²) in [5, 5.41) is 18.9. The van der Waals surface area contributed by atoms with Gasteiger partial charge >= 0.3 is 5.97 Å². The zero-order chi connectivity index (χ0) is 14.5. The smallest absolute Gasteiger partial charge is 0.356 e. The van der Waals surface area contributed by atoms with Crippen LogP contribution in [0.25, 0.3) is 0 Å². The molecule has 1 saturated heterocycles. The van der Waals surface area contributed by atoms with Gasteiger partial charge in [0, 0.05) is 18.9 Å². The highest BCUT2D eigenvalue weighted by Gasteiger charge is 2.36. The molecule has 1 aromatic rings. The zero-order valence-corrected chi connectivity index (χ0v) is 11.6. The number of aromatic nitrogens is 2. The van der Waals surface area contributed by atoms with Gasteiger partial charge in [0.15, 0.2) is 15.5 Å². The number of aromatic carboxylic acids is 1. The molecule has 0 aromatic carbocycles. The van der Waals surface area contributed by atoms with Crippen molar-refractivity contribution in [2.75, 3.05) is 11.5 Å². The van der Waals surface area contributed by atoms with Crippen LogP contribution in [-0.2, 0) is 22.8 Å². The summed E-state index contributed by atoms with van der Waals surface area (Å²) < 4.78 is 25.0. The molecule has 0 radical (unpaired) electrons. The average Bonchev–Trinajstić information content (AvgIpc) is 2.89. The van der Waals surface area contributed by atoms with E-state index >= 15 is 0 Å². The largest absolute Gasteiger partial charge is 0.476 e. The number of hydrogen-bond donors (Lipinski definition) is 2. The Kier molecular flexibility index (Phi) is 3.09. The lowest BCUT2D eigenvalue weighted by atomic mass is 10.0. The van der Waals surface area contributed by atoms with E-state index in [4.69, 9.17) is 0 Å². The van der Waals surface area contributed by atoms with E-state index in [1.807, 2.05) is 0 Å². The number of carbonyl (C=O) groups is 1. The molecule has 0 aliphatic carbocycles. The Morgan fingerprint density at radius 3 is 2.70 bits per heavy atom. The fourth-order valence-electron chi connectivity index (χ4n) is 3.05. The van der Waals surface area contributed by atoms with Crippen molar-refractivity contribution in [1.82, 2.24) is 9.55 Å². The Hall–Kier alpha value is -1.41. The third-order valence-electron chi connectivity index (χ3n) is 4.02. The average molecular weight is 300 g/mol. The van der Waals surface area contributed by atoms with Crippen LogP contribution in [0.4, 0.5) is 0 Å². The molecule has 0 amide bonds. The Labute approximate surface area is 116 Å². The monoisotopic (exact) mass is 300 g/mol. The molecule has 1 aromatic heterocycles. The van der Waals surface area contributed by atoms with Gasteiger partial charge in [0.05, 0.1) is 23.3 Å². The first-order valence-electron chi connectivity index (χ1n) is 6.58. The predicted molar refractivity (Wildman–Crippen MR) is 69.5 cm³/mol. The molecule has 0 bridgehead atoms. The molecule has 2 unspecified atom stereocenters. The molecule has 2 aliphatic rings. The first-order chi connectivity index (χ1) is 9.37. The minimum Gasteiger partial charge on any atom is -0.476 e. The lowest BCUT2D eigenvalue weighted by Crippen LogP contribution is -2.25. The SMILES string of the molecule is O=C(O)c1nc(C2CCS(=O)(=O)C2)n2c1CC(O)CC2. The standard InChI is InChI=1S/C12H16N2O5S/c15-8-1-3-14-9(5-8)10(12(16)17)13-11(14)7-2-4-20(18,19)6-7/h7-8,15H,1-6H2,(H,16,17). The number of rotatable bonds is 2. The Morgan fingerprint density at radius 1 is 1.35 bits per heavy atom. The van der Waals surface area contributed by atoms with Gasteiger partial charge in [-0.2, -0.15) is 0 Å². The number of aliphatic hydroxyl groups excluding tert-OH is 1. The summed E-state index contributed by atoms with van der Waals surface area (Å²) in [5.74, 6) is -0.655. The van der Waals surface area contributed by atoms with Crippen molar-refractivity contribution in [2.24, 2.45) is 0 Å². The van der Waals surface area contributed by atoms with Crippen LogP contribution in [0.15, 0.2) is 0 Å². The number of carboxylic acid groups (broad SMARTS) is 1. The minimum absolute atomic E-state index is 0.0328. The lowest BCUT2D eigenvalue weighted by molar-refractivity contribution is 0.0687. The van der Waals surface area contributed by atoms with Crippen LogP contribution in [0.1, 0.15) is 40.8 Å². The molecule has 3 rings (SSSR count). The van der Waals surface area contributed by atoms with E-state index in [0.717, 1.165) is 0 Å². The van der Waals surface area contributed by atoms with E-state index in [2.05, 4.69) is 4.98 Å². The van der Waals surface area contributed by atoms with Gasteiger partial charge in [0.25, 0.3) is 0 Å². The van der Waals surface area contributed by atoms with Crippen molar-refractivity contribution < 1.29 is 23.4 Å². The summed E-state index contributed by atoms with van der Waals surface area (Å²) >= 11 is 0. The molecule has 3 heterocycles. The molecule has 0 saturated carbocycles. The van der Waals surface area contributed by atoms with E-state index in [1.165, 1.54) is 0 Å². The van der Waals surface area contributed by atoms with Crippen LogP contribution in [-0.4, -0.2) is 51.8 Å². The third kappa shape index (κ3) is 2.22. The number of imidazole rings is 1. The van der Waals surface area contributed by atoms with Crippen molar-refractivity contribution in [2.45, 2.75) is 37.8 Å². The second kappa shape index (κ2) is 4.56. The summed E-state index contributed by atoms with van der Waals surface area (Å²) in [5.41, 5.74) is 0.457. The fraction of sp³-hybridized carbons (Fsp3) is 0.667. The van der Waals surface area contributed by atoms with E-state index < -0.39 is 21.9 Å². The van der Waals surface area contributed by atoms with Crippen LogP contribution >= 0.6 is 0 Å². The van der Waals surface area contributed by atoms with E-state index in [1.54, 1.807) is 4.57 Å². The highest BCUT2D eigenvalue weighted by atomic mass is 32.2. The van der Waals surface area contributed by atoms with Crippen LogP contribution in [0.3, 0.4) is 0 Å². The number of fused-ring (bicyclic) bond motifs is 1. The first-order valence-corrected chi connectivity index (χ1v) is 8.40. The second-order valence-corrected chi connectivity index (χ2v) is 7.70. The number of hydrogen-bond acceptors (Lipinski definition) is 5. The quantitative estimate of drug-likeness (QED) is 0.782. The number of carboxylic acids is 1. The first kappa shape index (κ1) is 13.6. The number of nitrogens with zero attached hydrogens (tertiary/aromatic N) is 2. The summed E-state index contributed by atoms with van der Waals surface area (Å²) in [4.78, 5) is 15.4. The normalized spacial score (nSPS) is 28.2. The highest BCUT2D eigenvalue weighted by molar-refractivity contribution is 7.91. The summed E-state index contributed by atoms with van der Waals surface area (Å²) in [6, 6.07) is 0. The molecule has 110 valence electrons. The van der Waals surface area contributed by atoms with Gasteiger partial charge in [0.2, 0.25) is 0 Å². The van der Waals surface area contributed by atoms with Gasteiger partial charge in [-0.25, -0.2) is 18.2 Å². The maximum atomic E-state index is 11.6. The molecule has 2 atom stereocenters. The van der Waals surface area contributed by atoms with Crippen LogP contribution in [0, 0.1) is 0 Å². The van der Waals surface area contributed by atoms with Gasteiger partial charge < -0.3 is 14.8 Å². The molecule has 7 nitrogen and oxygen atoms in total. The van der Waals surface area contributed by atoms with Gasteiger partial charge in [-0.3, -0.25) is 0 Å². The number of aliphatic hydroxyl groups is 1. The van der Waals surface area contributed by atoms with Gasteiger partial charge in [0.1, 0.15) is 5.82 Å². The maximum absolute atomic E-state index is 11.6. The fourth-order valence-corrected chi connectivity index (χ4v) is 4.79.